The molecule has 2 aromatic rings. The number of carbonyl (C=O) groups is 4. The molecule has 1 spiro atoms. The predicted molar refractivity (Wildman–Crippen MR) is 117 cm³/mol. The zero-order valence-electron chi connectivity index (χ0n) is 16.5. The molecule has 5 rings (SSSR count). The number of urea groups is 1. The summed E-state index contributed by atoms with van der Waals surface area (Å²) in [7, 11) is 0. The van der Waals surface area contributed by atoms with Crippen molar-refractivity contribution in [3.63, 3.8) is 0 Å². The van der Waals surface area contributed by atoms with Crippen LogP contribution < -0.4 is 20.9 Å². The summed E-state index contributed by atoms with van der Waals surface area (Å²) >= 11 is 1.70. The Morgan fingerprint density at radius 2 is 1.84 bits per heavy atom. The Hall–Kier alpha value is -3.33. The fraction of sp³-hybridized carbons (Fsp3) is 0.273. The third kappa shape index (κ3) is 2.83. The Kier molecular flexibility index (Phi) is 4.51. The van der Waals surface area contributed by atoms with Crippen LogP contribution in [0.1, 0.15) is 15.9 Å². The Balaban J connectivity index is 1.62. The van der Waals surface area contributed by atoms with Crippen molar-refractivity contribution in [2.24, 2.45) is 11.1 Å². The molecule has 2 fully saturated rings. The molecule has 3 N–H and O–H groups in total. The number of anilines is 2. The first-order chi connectivity index (χ1) is 14.9. The molecule has 0 saturated carbocycles. The third-order valence-electron chi connectivity index (χ3n) is 6.29. The standard InChI is InChI=1S/C22H20N4O4S/c23-18(27)13-5-7-15(8-6-13)26-20(29)22(19(28)24-21(26)30)11-14-3-1-2-4-16(14)25-9-10-31-12-17(22)25/h1-8,17H,9-12H2,(H2,23,27)(H,24,28,30)/t17-,22+/m1/s1. The van der Waals surface area contributed by atoms with Crippen molar-refractivity contribution in [2.75, 3.05) is 27.9 Å². The van der Waals surface area contributed by atoms with Crippen molar-refractivity contribution in [3.05, 3.63) is 59.7 Å². The van der Waals surface area contributed by atoms with Crippen LogP contribution in [0.2, 0.25) is 0 Å². The van der Waals surface area contributed by atoms with Gasteiger partial charge in [0.05, 0.1) is 11.7 Å². The first-order valence-corrected chi connectivity index (χ1v) is 11.1. The van der Waals surface area contributed by atoms with E-state index in [4.69, 9.17) is 5.73 Å². The molecule has 3 aliphatic rings. The molecule has 0 bridgehead atoms. The van der Waals surface area contributed by atoms with E-state index < -0.39 is 29.2 Å². The summed E-state index contributed by atoms with van der Waals surface area (Å²) in [4.78, 5) is 54.5. The van der Waals surface area contributed by atoms with Crippen LogP contribution in [0.4, 0.5) is 16.2 Å². The van der Waals surface area contributed by atoms with Crippen LogP contribution in [0.3, 0.4) is 0 Å². The number of imide groups is 2. The Morgan fingerprint density at radius 3 is 2.58 bits per heavy atom. The van der Waals surface area contributed by atoms with Crippen molar-refractivity contribution in [1.29, 1.82) is 0 Å². The zero-order valence-corrected chi connectivity index (χ0v) is 17.4. The minimum atomic E-state index is -1.42. The van der Waals surface area contributed by atoms with E-state index in [1.165, 1.54) is 24.3 Å². The normalized spacial score (nSPS) is 25.2. The van der Waals surface area contributed by atoms with Gasteiger partial charge in [-0.1, -0.05) is 18.2 Å². The lowest BCUT2D eigenvalue weighted by Gasteiger charge is -2.53. The van der Waals surface area contributed by atoms with Gasteiger partial charge in [0.15, 0.2) is 5.41 Å². The lowest BCUT2D eigenvalue weighted by Crippen LogP contribution is -2.73. The highest BCUT2D eigenvalue weighted by atomic mass is 32.2. The molecule has 2 atom stereocenters. The zero-order chi connectivity index (χ0) is 21.8. The highest BCUT2D eigenvalue weighted by Crippen LogP contribution is 2.47. The van der Waals surface area contributed by atoms with E-state index in [1.807, 2.05) is 24.3 Å². The smallest absolute Gasteiger partial charge is 0.335 e. The van der Waals surface area contributed by atoms with E-state index in [2.05, 4.69) is 10.2 Å². The van der Waals surface area contributed by atoms with Crippen LogP contribution in [-0.4, -0.2) is 47.8 Å². The summed E-state index contributed by atoms with van der Waals surface area (Å²) in [5.41, 5.74) is 6.37. The molecule has 158 valence electrons. The van der Waals surface area contributed by atoms with Crippen LogP contribution in [0, 0.1) is 5.41 Å². The molecule has 0 unspecified atom stereocenters. The second-order valence-electron chi connectivity index (χ2n) is 7.87. The molecule has 2 aromatic carbocycles. The highest BCUT2D eigenvalue weighted by Gasteiger charge is 2.62. The van der Waals surface area contributed by atoms with Gasteiger partial charge in [-0.05, 0) is 42.3 Å². The number of benzene rings is 2. The molecule has 31 heavy (non-hydrogen) atoms. The van der Waals surface area contributed by atoms with Crippen molar-refractivity contribution in [1.82, 2.24) is 5.32 Å². The molecule has 9 heteroatoms. The summed E-state index contributed by atoms with van der Waals surface area (Å²) < 4.78 is 0. The van der Waals surface area contributed by atoms with Gasteiger partial charge >= 0.3 is 6.03 Å². The molecule has 2 saturated heterocycles. The van der Waals surface area contributed by atoms with Gasteiger partial charge < -0.3 is 10.6 Å². The van der Waals surface area contributed by atoms with Crippen molar-refractivity contribution < 1.29 is 19.2 Å². The first kappa shape index (κ1) is 19.6. The fourth-order valence-electron chi connectivity index (χ4n) is 4.77. The van der Waals surface area contributed by atoms with Crippen LogP contribution >= 0.6 is 11.8 Å². The number of nitrogens with zero attached hydrogens (tertiary/aromatic N) is 2. The van der Waals surface area contributed by atoms with Gasteiger partial charge in [0, 0.05) is 29.3 Å². The Morgan fingerprint density at radius 1 is 1.10 bits per heavy atom. The lowest BCUT2D eigenvalue weighted by molar-refractivity contribution is -0.144. The van der Waals surface area contributed by atoms with E-state index in [9.17, 15) is 19.2 Å². The van der Waals surface area contributed by atoms with Crippen LogP contribution in [-0.2, 0) is 16.0 Å². The lowest BCUT2D eigenvalue weighted by atomic mass is 9.69. The maximum atomic E-state index is 13.9. The van der Waals surface area contributed by atoms with E-state index in [0.29, 0.717) is 5.75 Å². The number of fused-ring (bicyclic) bond motifs is 4. The van der Waals surface area contributed by atoms with Gasteiger partial charge in [0.1, 0.15) is 0 Å². The number of hydrogen-bond donors (Lipinski definition) is 2. The first-order valence-electron chi connectivity index (χ1n) is 9.95. The molecular formula is C22H20N4O4S. The minimum absolute atomic E-state index is 0.221. The number of barbiturate groups is 1. The van der Waals surface area contributed by atoms with Gasteiger partial charge in [0.2, 0.25) is 11.8 Å². The van der Waals surface area contributed by atoms with E-state index in [0.717, 1.165) is 28.4 Å². The molecule has 3 heterocycles. The van der Waals surface area contributed by atoms with Crippen molar-refractivity contribution in [3.8, 4) is 0 Å². The molecule has 0 aliphatic carbocycles. The quantitative estimate of drug-likeness (QED) is 0.691. The average molecular weight is 436 g/mol. The summed E-state index contributed by atoms with van der Waals surface area (Å²) in [5.74, 6) is -0.199. The largest absolute Gasteiger partial charge is 0.366 e. The predicted octanol–water partition coefficient (Wildman–Crippen LogP) is 1.53. The molecular weight excluding hydrogens is 416 g/mol. The minimum Gasteiger partial charge on any atom is -0.366 e. The van der Waals surface area contributed by atoms with E-state index in [1.54, 1.807) is 11.8 Å². The molecule has 8 nitrogen and oxygen atoms in total. The third-order valence-corrected chi connectivity index (χ3v) is 7.31. The summed E-state index contributed by atoms with van der Waals surface area (Å²) in [6, 6.07) is 12.5. The number of primary amides is 1. The van der Waals surface area contributed by atoms with Gasteiger partial charge in [-0.2, -0.15) is 11.8 Å². The number of amides is 5. The number of para-hydroxylation sites is 1. The van der Waals surface area contributed by atoms with E-state index >= 15 is 0 Å². The summed E-state index contributed by atoms with van der Waals surface area (Å²) in [6.07, 6.45) is 0.221. The number of carbonyl (C=O) groups excluding carboxylic acids is 4. The van der Waals surface area contributed by atoms with Gasteiger partial charge in [-0.25, -0.2) is 9.69 Å². The number of hydrogen-bond acceptors (Lipinski definition) is 6. The Bertz CT molecular complexity index is 1120. The van der Waals surface area contributed by atoms with Gasteiger partial charge in [0.25, 0.3) is 5.91 Å². The monoisotopic (exact) mass is 436 g/mol. The van der Waals surface area contributed by atoms with Crippen LogP contribution in [0.15, 0.2) is 48.5 Å². The summed E-state index contributed by atoms with van der Waals surface area (Å²) in [5, 5.41) is 2.42. The maximum Gasteiger partial charge on any atom is 0.335 e. The van der Waals surface area contributed by atoms with Crippen LogP contribution in [0.5, 0.6) is 0 Å². The molecule has 0 radical (unpaired) electrons. The topological polar surface area (TPSA) is 113 Å². The second-order valence-corrected chi connectivity index (χ2v) is 9.02. The Labute approximate surface area is 182 Å². The summed E-state index contributed by atoms with van der Waals surface area (Å²) in [6.45, 7) is 0.718. The molecule has 0 aromatic heterocycles. The fourth-order valence-corrected chi connectivity index (χ4v) is 5.95. The number of rotatable bonds is 2. The van der Waals surface area contributed by atoms with Gasteiger partial charge in [-0.3, -0.25) is 19.7 Å². The molecule has 5 amide bonds. The molecule has 3 aliphatic heterocycles. The maximum absolute atomic E-state index is 13.9. The second kappa shape index (κ2) is 7.12. The van der Waals surface area contributed by atoms with Gasteiger partial charge in [-0.15, -0.1) is 0 Å². The van der Waals surface area contributed by atoms with E-state index in [-0.39, 0.29) is 23.7 Å². The SMILES string of the molecule is NC(=O)c1ccc(N2C(=O)NC(=O)[C@@]3(Cc4ccccc4N4CCSC[C@@H]43)C2=O)cc1. The van der Waals surface area contributed by atoms with Crippen molar-refractivity contribution >= 4 is 46.9 Å². The highest BCUT2D eigenvalue weighted by molar-refractivity contribution is 7.99. The average Bonchev–Trinajstić information content (AvgIpc) is 2.78. The van der Waals surface area contributed by atoms with Crippen LogP contribution in [0.25, 0.3) is 0 Å². The number of nitrogens with one attached hydrogen (secondary N) is 1. The number of nitrogens with two attached hydrogens (primary N) is 1. The van der Waals surface area contributed by atoms with Crippen molar-refractivity contribution in [2.45, 2.75) is 12.5 Å². The number of thioether (sulfide) groups is 1.